The van der Waals surface area contributed by atoms with Crippen molar-refractivity contribution < 1.29 is 36.9 Å². The molecular weight excluding hydrogens is 424 g/mol. The molecule has 8 nitrogen and oxygen atoms in total. The van der Waals surface area contributed by atoms with Crippen molar-refractivity contribution in [3.63, 3.8) is 0 Å². The molecule has 0 amide bonds. The predicted molar refractivity (Wildman–Crippen MR) is 117 cm³/mol. The molecule has 0 spiro atoms. The van der Waals surface area contributed by atoms with E-state index in [1.807, 2.05) is 41.5 Å². The molecule has 0 aliphatic heterocycles. The van der Waals surface area contributed by atoms with Crippen LogP contribution in [0, 0.1) is 0 Å². The van der Waals surface area contributed by atoms with Crippen molar-refractivity contribution in [3.8, 4) is 0 Å². The van der Waals surface area contributed by atoms with E-state index < -0.39 is 51.1 Å². The molecule has 0 heterocycles. The van der Waals surface area contributed by atoms with Crippen LogP contribution in [0.3, 0.4) is 0 Å². The van der Waals surface area contributed by atoms with Gasteiger partial charge in [-0.1, -0.05) is 41.5 Å². The molecule has 0 aliphatic rings. The summed E-state index contributed by atoms with van der Waals surface area (Å²) < 4.78 is 22.6. The summed E-state index contributed by atoms with van der Waals surface area (Å²) in [6.45, 7) is 16.5. The molecule has 0 atom stereocenters. The number of carbonyl (C=O) groups is 4. The highest BCUT2D eigenvalue weighted by Crippen LogP contribution is 2.44. The highest BCUT2D eigenvalue weighted by molar-refractivity contribution is 6.74. The van der Waals surface area contributed by atoms with Crippen molar-refractivity contribution in [2.75, 3.05) is 0 Å². The Balaban J connectivity index is 5.66. The first-order valence-corrected chi connectivity index (χ1v) is 14.2. The number of hydrogen-bond acceptors (Lipinski definition) is 8. The maximum absolute atomic E-state index is 11.8. The summed E-state index contributed by atoms with van der Waals surface area (Å²) in [6.07, 6.45) is 1.11. The first kappa shape index (κ1) is 28.3. The minimum atomic E-state index is -3.23. The van der Waals surface area contributed by atoms with Crippen LogP contribution >= 0.6 is 0 Å². The Morgan fingerprint density at radius 1 is 0.533 bits per heavy atom. The zero-order valence-electron chi connectivity index (χ0n) is 20.1. The summed E-state index contributed by atoms with van der Waals surface area (Å²) in [7, 11) is -6.46. The summed E-state index contributed by atoms with van der Waals surface area (Å²) in [4.78, 5) is 47.1. The van der Waals surface area contributed by atoms with Crippen LogP contribution in [-0.4, -0.2) is 41.0 Å². The van der Waals surface area contributed by atoms with Gasteiger partial charge in [0.25, 0.3) is 23.9 Å². The Morgan fingerprint density at radius 3 is 0.867 bits per heavy atom. The van der Waals surface area contributed by atoms with E-state index in [1.165, 1.54) is 27.7 Å². The van der Waals surface area contributed by atoms with E-state index in [2.05, 4.69) is 0 Å². The summed E-state index contributed by atoms with van der Waals surface area (Å²) in [5.41, 5.74) is 0. The highest BCUT2D eigenvalue weighted by atomic mass is 28.4. The van der Waals surface area contributed by atoms with Gasteiger partial charge in [0, 0.05) is 49.9 Å². The molecule has 30 heavy (non-hydrogen) atoms. The Labute approximate surface area is 182 Å². The van der Waals surface area contributed by atoms with Crippen LogP contribution < -0.4 is 0 Å². The van der Waals surface area contributed by atoms with Crippen LogP contribution in [0.15, 0.2) is 0 Å². The van der Waals surface area contributed by atoms with Crippen LogP contribution in [0.4, 0.5) is 0 Å². The lowest BCUT2D eigenvalue weighted by molar-refractivity contribution is -0.142. The van der Waals surface area contributed by atoms with Crippen LogP contribution in [0.5, 0.6) is 0 Å². The van der Waals surface area contributed by atoms with Crippen LogP contribution in [0.25, 0.3) is 0 Å². The van der Waals surface area contributed by atoms with Gasteiger partial charge in [0.2, 0.25) is 0 Å². The molecule has 0 aliphatic carbocycles. The monoisotopic (exact) mass is 462 g/mol. The van der Waals surface area contributed by atoms with E-state index in [1.54, 1.807) is 0 Å². The maximum Gasteiger partial charge on any atom is 0.469 e. The Kier molecular flexibility index (Phi) is 9.97. The van der Waals surface area contributed by atoms with Gasteiger partial charge < -0.3 is 17.7 Å². The van der Waals surface area contributed by atoms with Gasteiger partial charge in [-0.05, 0) is 12.8 Å². The van der Waals surface area contributed by atoms with Crippen molar-refractivity contribution in [3.05, 3.63) is 0 Å². The Bertz CT molecular complexity index is 558. The fourth-order valence-electron chi connectivity index (χ4n) is 3.25. The summed E-state index contributed by atoms with van der Waals surface area (Å²) in [6, 6.07) is 0.787. The summed E-state index contributed by atoms with van der Waals surface area (Å²) in [5.74, 6) is -1.96. The average molecular weight is 463 g/mol. The molecule has 10 heteroatoms. The lowest BCUT2D eigenvalue weighted by Gasteiger charge is -2.40. The fourth-order valence-corrected chi connectivity index (χ4v) is 9.76. The number of rotatable bonds is 9. The second kappa shape index (κ2) is 10.6. The standard InChI is InChI=1S/C20H38O8Si2/c1-15(21)25-29(19(5,6)7,26-16(2)22)13-11-12-14-30(20(8,9)10,27-17(3)23)28-18(4)24/h11-14H2,1-10H3. The van der Waals surface area contributed by atoms with Gasteiger partial charge >= 0.3 is 17.1 Å². The van der Waals surface area contributed by atoms with E-state index in [0.717, 1.165) is 0 Å². The second-order valence-electron chi connectivity index (χ2n) is 9.59. The Morgan fingerprint density at radius 2 is 0.733 bits per heavy atom. The van der Waals surface area contributed by atoms with E-state index in [0.29, 0.717) is 24.9 Å². The third-order valence-electron chi connectivity index (χ3n) is 4.78. The van der Waals surface area contributed by atoms with Crippen LogP contribution in [0.2, 0.25) is 22.2 Å². The molecule has 0 radical (unpaired) electrons. The largest absolute Gasteiger partial charge is 0.485 e. The van der Waals surface area contributed by atoms with Crippen molar-refractivity contribution in [1.29, 1.82) is 0 Å². The molecule has 0 saturated carbocycles. The third-order valence-corrected chi connectivity index (χ3v) is 13.8. The van der Waals surface area contributed by atoms with Crippen LogP contribution in [-0.2, 0) is 36.9 Å². The molecule has 0 bridgehead atoms. The number of carbonyl (C=O) groups excluding carboxylic acids is 4. The van der Waals surface area contributed by atoms with Gasteiger partial charge in [-0.25, -0.2) is 0 Å². The third kappa shape index (κ3) is 8.21. The van der Waals surface area contributed by atoms with E-state index in [4.69, 9.17) is 17.7 Å². The lowest BCUT2D eigenvalue weighted by atomic mass is 10.2. The zero-order chi connectivity index (χ0) is 24.0. The van der Waals surface area contributed by atoms with E-state index in [-0.39, 0.29) is 0 Å². The highest BCUT2D eigenvalue weighted by Gasteiger charge is 2.56. The maximum atomic E-state index is 11.8. The minimum Gasteiger partial charge on any atom is -0.485 e. The van der Waals surface area contributed by atoms with Crippen molar-refractivity contribution in [2.45, 2.75) is 104 Å². The molecule has 0 unspecified atom stereocenters. The molecule has 0 aromatic heterocycles. The molecule has 0 aromatic carbocycles. The second-order valence-corrected chi connectivity index (χ2v) is 17.4. The SMILES string of the molecule is CC(=O)O[Si](CCCC[Si](OC(C)=O)(OC(C)=O)C(C)(C)C)(OC(C)=O)C(C)(C)C. The first-order valence-electron chi connectivity index (χ1n) is 10.2. The minimum absolute atomic E-state index is 0.393. The number of unbranched alkanes of at least 4 members (excludes halogenated alkanes) is 1. The van der Waals surface area contributed by atoms with E-state index >= 15 is 0 Å². The molecule has 0 fully saturated rings. The van der Waals surface area contributed by atoms with Gasteiger partial charge in [-0.2, -0.15) is 0 Å². The smallest absolute Gasteiger partial charge is 0.469 e. The molecular formula is C20H38O8Si2. The van der Waals surface area contributed by atoms with E-state index in [9.17, 15) is 19.2 Å². The topological polar surface area (TPSA) is 105 Å². The van der Waals surface area contributed by atoms with Crippen molar-refractivity contribution in [2.24, 2.45) is 0 Å². The Hall–Kier alpha value is -1.69. The van der Waals surface area contributed by atoms with Gasteiger partial charge in [0.1, 0.15) is 0 Å². The van der Waals surface area contributed by atoms with Crippen molar-refractivity contribution in [1.82, 2.24) is 0 Å². The van der Waals surface area contributed by atoms with Gasteiger partial charge in [0.05, 0.1) is 0 Å². The average Bonchev–Trinajstić information content (AvgIpc) is 2.46. The first-order chi connectivity index (χ1) is 13.4. The molecule has 0 saturated heterocycles. The zero-order valence-corrected chi connectivity index (χ0v) is 22.1. The predicted octanol–water partition coefficient (Wildman–Crippen LogP) is 4.50. The molecule has 0 rings (SSSR count). The van der Waals surface area contributed by atoms with Gasteiger partial charge in [-0.15, -0.1) is 0 Å². The number of hydrogen-bond donors (Lipinski definition) is 0. The molecule has 174 valence electrons. The normalized spacial score (nSPS) is 12.7. The van der Waals surface area contributed by atoms with Crippen LogP contribution in [0.1, 0.15) is 82.1 Å². The quantitative estimate of drug-likeness (QED) is 0.364. The van der Waals surface area contributed by atoms with Crippen molar-refractivity contribution >= 4 is 41.0 Å². The molecule has 0 aromatic rings. The summed E-state index contributed by atoms with van der Waals surface area (Å²) in [5, 5.41) is -1.07. The van der Waals surface area contributed by atoms with Gasteiger partial charge in [-0.3, -0.25) is 19.2 Å². The van der Waals surface area contributed by atoms with Gasteiger partial charge in [0.15, 0.2) is 0 Å². The fraction of sp³-hybridized carbons (Fsp3) is 0.800. The lowest BCUT2D eigenvalue weighted by Crippen LogP contribution is -2.53. The summed E-state index contributed by atoms with van der Waals surface area (Å²) >= 11 is 0. The molecule has 0 N–H and O–H groups in total.